The minimum Gasteiger partial charge on any atom is -0.338 e. The van der Waals surface area contributed by atoms with E-state index in [4.69, 9.17) is 11.6 Å². The van der Waals surface area contributed by atoms with Gasteiger partial charge in [0, 0.05) is 24.5 Å². The zero-order valence-corrected chi connectivity index (χ0v) is 10.8. The number of halogens is 1. The lowest BCUT2D eigenvalue weighted by atomic mass is 10.1. The van der Waals surface area contributed by atoms with Gasteiger partial charge < -0.3 is 4.90 Å². The molecule has 0 heterocycles. The number of benzene rings is 1. The van der Waals surface area contributed by atoms with Crippen molar-refractivity contribution in [1.82, 2.24) is 4.90 Å². The number of hydrogen-bond donors (Lipinski definition) is 0. The lowest BCUT2D eigenvalue weighted by Crippen LogP contribution is -2.32. The molecule has 0 aliphatic rings. The van der Waals surface area contributed by atoms with E-state index in [0.29, 0.717) is 19.0 Å². The monoisotopic (exact) mass is 239 g/mol. The van der Waals surface area contributed by atoms with E-state index in [-0.39, 0.29) is 5.91 Å². The van der Waals surface area contributed by atoms with Crippen LogP contribution in [0.2, 0.25) is 0 Å². The summed E-state index contributed by atoms with van der Waals surface area (Å²) >= 11 is 5.67. The lowest BCUT2D eigenvalue weighted by molar-refractivity contribution is 0.0774. The van der Waals surface area contributed by atoms with Crippen molar-refractivity contribution in [3.8, 4) is 0 Å². The number of carbonyl (C=O) groups excluding carboxylic acids is 1. The second-order valence-electron chi connectivity index (χ2n) is 3.87. The van der Waals surface area contributed by atoms with Crippen molar-refractivity contribution in [2.45, 2.75) is 20.8 Å². The van der Waals surface area contributed by atoms with E-state index in [0.717, 1.165) is 11.1 Å². The molecule has 0 bridgehead atoms. The van der Waals surface area contributed by atoms with Crippen LogP contribution in [0.4, 0.5) is 0 Å². The summed E-state index contributed by atoms with van der Waals surface area (Å²) < 4.78 is 0. The van der Waals surface area contributed by atoms with Crippen molar-refractivity contribution in [3.05, 3.63) is 34.9 Å². The summed E-state index contributed by atoms with van der Waals surface area (Å²) in [7, 11) is 0. The van der Waals surface area contributed by atoms with Crippen molar-refractivity contribution in [3.63, 3.8) is 0 Å². The molecule has 0 fully saturated rings. The van der Waals surface area contributed by atoms with Crippen LogP contribution in [-0.4, -0.2) is 29.8 Å². The molecule has 0 saturated heterocycles. The molecule has 0 aliphatic heterocycles. The highest BCUT2D eigenvalue weighted by Gasteiger charge is 2.13. The van der Waals surface area contributed by atoms with Gasteiger partial charge in [-0.2, -0.15) is 0 Å². The highest BCUT2D eigenvalue weighted by molar-refractivity contribution is 6.18. The maximum atomic E-state index is 12.1. The van der Waals surface area contributed by atoms with Crippen molar-refractivity contribution in [1.29, 1.82) is 0 Å². The SMILES string of the molecule is CCN(CCCl)C(=O)c1ccc(C)c(C)c1. The van der Waals surface area contributed by atoms with E-state index in [1.165, 1.54) is 5.56 Å². The van der Waals surface area contributed by atoms with Crippen LogP contribution >= 0.6 is 11.6 Å². The van der Waals surface area contributed by atoms with Crippen LogP contribution < -0.4 is 0 Å². The lowest BCUT2D eigenvalue weighted by Gasteiger charge is -2.20. The van der Waals surface area contributed by atoms with Crippen LogP contribution in [0.3, 0.4) is 0 Å². The van der Waals surface area contributed by atoms with E-state index in [2.05, 4.69) is 0 Å². The number of rotatable bonds is 4. The van der Waals surface area contributed by atoms with Crippen molar-refractivity contribution in [2.24, 2.45) is 0 Å². The van der Waals surface area contributed by atoms with E-state index in [9.17, 15) is 4.79 Å². The zero-order valence-electron chi connectivity index (χ0n) is 10.1. The molecular formula is C13H18ClNO. The molecule has 1 aromatic rings. The van der Waals surface area contributed by atoms with Crippen molar-refractivity contribution >= 4 is 17.5 Å². The number of nitrogens with zero attached hydrogens (tertiary/aromatic N) is 1. The van der Waals surface area contributed by atoms with Crippen LogP contribution in [0.1, 0.15) is 28.4 Å². The molecule has 16 heavy (non-hydrogen) atoms. The van der Waals surface area contributed by atoms with Gasteiger partial charge in [-0.3, -0.25) is 4.79 Å². The summed E-state index contributed by atoms with van der Waals surface area (Å²) in [6.07, 6.45) is 0. The van der Waals surface area contributed by atoms with E-state index in [1.54, 1.807) is 4.90 Å². The second kappa shape index (κ2) is 5.90. The summed E-state index contributed by atoms with van der Waals surface area (Å²) in [5.41, 5.74) is 3.10. The molecule has 1 amide bonds. The molecule has 0 aliphatic carbocycles. The van der Waals surface area contributed by atoms with Crippen LogP contribution in [0.25, 0.3) is 0 Å². The highest BCUT2D eigenvalue weighted by Crippen LogP contribution is 2.12. The largest absolute Gasteiger partial charge is 0.338 e. The number of hydrogen-bond acceptors (Lipinski definition) is 1. The van der Waals surface area contributed by atoms with E-state index < -0.39 is 0 Å². The van der Waals surface area contributed by atoms with Crippen LogP contribution in [0, 0.1) is 13.8 Å². The molecule has 2 nitrogen and oxygen atoms in total. The smallest absolute Gasteiger partial charge is 0.253 e. The maximum absolute atomic E-state index is 12.1. The third-order valence-electron chi connectivity index (χ3n) is 2.78. The fourth-order valence-corrected chi connectivity index (χ4v) is 1.77. The summed E-state index contributed by atoms with van der Waals surface area (Å²) in [5, 5.41) is 0. The van der Waals surface area contributed by atoms with Gasteiger partial charge >= 0.3 is 0 Å². The molecular weight excluding hydrogens is 222 g/mol. The quantitative estimate of drug-likeness (QED) is 0.740. The van der Waals surface area contributed by atoms with Gasteiger partial charge in [-0.25, -0.2) is 0 Å². The Morgan fingerprint density at radius 2 is 2.00 bits per heavy atom. The molecule has 0 N–H and O–H groups in total. The first-order valence-electron chi connectivity index (χ1n) is 5.52. The predicted molar refractivity (Wildman–Crippen MR) is 68.2 cm³/mol. The van der Waals surface area contributed by atoms with Gasteiger partial charge in [0.05, 0.1) is 0 Å². The summed E-state index contributed by atoms with van der Waals surface area (Å²) in [6.45, 7) is 7.32. The number of aryl methyl sites for hydroxylation is 2. The molecule has 0 radical (unpaired) electrons. The Kier molecular flexibility index (Phi) is 4.81. The predicted octanol–water partition coefficient (Wildman–Crippen LogP) is 3.00. The molecule has 0 unspecified atom stereocenters. The third-order valence-corrected chi connectivity index (χ3v) is 2.95. The first-order chi connectivity index (χ1) is 7.60. The van der Waals surface area contributed by atoms with Gasteiger partial charge in [0.15, 0.2) is 0 Å². The molecule has 1 rings (SSSR count). The fraction of sp³-hybridized carbons (Fsp3) is 0.462. The number of amides is 1. The molecule has 88 valence electrons. The van der Waals surface area contributed by atoms with E-state index >= 15 is 0 Å². The third kappa shape index (κ3) is 2.99. The Hall–Kier alpha value is -1.02. The first kappa shape index (κ1) is 13.0. The normalized spacial score (nSPS) is 10.2. The highest BCUT2D eigenvalue weighted by atomic mass is 35.5. The van der Waals surface area contributed by atoms with Gasteiger partial charge in [-0.1, -0.05) is 6.07 Å². The Morgan fingerprint density at radius 1 is 1.31 bits per heavy atom. The topological polar surface area (TPSA) is 20.3 Å². The van der Waals surface area contributed by atoms with Gasteiger partial charge in [-0.15, -0.1) is 11.6 Å². The first-order valence-corrected chi connectivity index (χ1v) is 6.06. The fourth-order valence-electron chi connectivity index (χ4n) is 1.56. The van der Waals surface area contributed by atoms with Gasteiger partial charge in [0.2, 0.25) is 0 Å². The van der Waals surface area contributed by atoms with Crippen LogP contribution in [0.15, 0.2) is 18.2 Å². The Balaban J connectivity index is 2.90. The second-order valence-corrected chi connectivity index (χ2v) is 4.25. The number of alkyl halides is 1. The maximum Gasteiger partial charge on any atom is 0.253 e. The van der Waals surface area contributed by atoms with Gasteiger partial charge in [0.25, 0.3) is 5.91 Å². The molecule has 0 aromatic heterocycles. The average molecular weight is 240 g/mol. The average Bonchev–Trinajstić information content (AvgIpc) is 2.28. The number of carbonyl (C=O) groups is 1. The Bertz CT molecular complexity index is 376. The zero-order chi connectivity index (χ0) is 12.1. The Labute approximate surface area is 102 Å². The summed E-state index contributed by atoms with van der Waals surface area (Å²) in [6, 6.07) is 5.80. The molecule has 3 heteroatoms. The molecule has 0 spiro atoms. The molecule has 0 atom stereocenters. The summed E-state index contributed by atoms with van der Waals surface area (Å²) in [5.74, 6) is 0.538. The van der Waals surface area contributed by atoms with Crippen LogP contribution in [0.5, 0.6) is 0 Å². The van der Waals surface area contributed by atoms with Crippen molar-refractivity contribution < 1.29 is 4.79 Å². The minimum atomic E-state index is 0.0613. The molecule has 0 saturated carbocycles. The summed E-state index contributed by atoms with van der Waals surface area (Å²) in [4.78, 5) is 13.9. The van der Waals surface area contributed by atoms with Crippen molar-refractivity contribution in [2.75, 3.05) is 19.0 Å². The standard InChI is InChI=1S/C13H18ClNO/c1-4-15(8-7-14)13(16)12-6-5-10(2)11(3)9-12/h5-6,9H,4,7-8H2,1-3H3. The van der Waals surface area contributed by atoms with Crippen LogP contribution in [-0.2, 0) is 0 Å². The van der Waals surface area contributed by atoms with E-state index in [1.807, 2.05) is 39.0 Å². The Morgan fingerprint density at radius 3 is 2.50 bits per heavy atom. The minimum absolute atomic E-state index is 0.0613. The van der Waals surface area contributed by atoms with Gasteiger partial charge in [0.1, 0.15) is 0 Å². The van der Waals surface area contributed by atoms with Gasteiger partial charge in [-0.05, 0) is 44.0 Å². The molecule has 1 aromatic carbocycles.